The number of aromatic amines is 2. The number of imidazole rings is 1. The van der Waals surface area contributed by atoms with Crippen LogP contribution in [0.3, 0.4) is 0 Å². The highest BCUT2D eigenvalue weighted by molar-refractivity contribution is 5.77. The lowest BCUT2D eigenvalue weighted by Crippen LogP contribution is -2.23. The molecule has 1 aromatic carbocycles. The Morgan fingerprint density at radius 2 is 2.29 bits per heavy atom. The summed E-state index contributed by atoms with van der Waals surface area (Å²) < 4.78 is 13.1. The van der Waals surface area contributed by atoms with E-state index in [-0.39, 0.29) is 11.7 Å². The number of fused-ring (bicyclic) bond motifs is 1. The molecule has 6 nitrogen and oxygen atoms in total. The number of nitrogens with one attached hydrogen (secondary N) is 3. The predicted octanol–water partition coefficient (Wildman–Crippen LogP) is 1.67. The van der Waals surface area contributed by atoms with Crippen molar-refractivity contribution in [1.82, 2.24) is 25.5 Å². The number of nitrogens with zero attached hydrogens (tertiary/aromatic N) is 2. The van der Waals surface area contributed by atoms with Crippen molar-refractivity contribution < 1.29 is 9.18 Å². The summed E-state index contributed by atoms with van der Waals surface area (Å²) in [5, 5.41) is 9.31. The van der Waals surface area contributed by atoms with Crippen LogP contribution in [0.5, 0.6) is 0 Å². The zero-order valence-electron chi connectivity index (χ0n) is 11.2. The van der Waals surface area contributed by atoms with Crippen LogP contribution in [0.4, 0.5) is 4.39 Å². The van der Waals surface area contributed by atoms with Crippen LogP contribution < -0.4 is 5.32 Å². The Hall–Kier alpha value is -2.70. The summed E-state index contributed by atoms with van der Waals surface area (Å²) in [6.45, 7) is 0.292. The molecule has 0 radical (unpaired) electrons. The van der Waals surface area contributed by atoms with E-state index in [9.17, 15) is 9.18 Å². The summed E-state index contributed by atoms with van der Waals surface area (Å²) in [5.74, 6) is 0.219. The van der Waals surface area contributed by atoms with Gasteiger partial charge in [0.05, 0.1) is 23.8 Å². The number of carbonyl (C=O) groups excluding carboxylic acids is 1. The van der Waals surface area contributed by atoms with Gasteiger partial charge in [-0.1, -0.05) is 0 Å². The molecule has 0 unspecified atom stereocenters. The third kappa shape index (κ3) is 3.25. The molecule has 0 bridgehead atoms. The van der Waals surface area contributed by atoms with Crippen molar-refractivity contribution in [1.29, 1.82) is 0 Å². The summed E-state index contributed by atoms with van der Waals surface area (Å²) >= 11 is 0. The summed E-state index contributed by atoms with van der Waals surface area (Å²) in [6, 6.07) is 4.34. The molecule has 0 aliphatic rings. The molecule has 7 heteroatoms. The summed E-state index contributed by atoms with van der Waals surface area (Å²) in [6.07, 6.45) is 4.48. The van der Waals surface area contributed by atoms with Gasteiger partial charge in [-0.2, -0.15) is 5.10 Å². The fourth-order valence-electron chi connectivity index (χ4n) is 2.06. The number of rotatable bonds is 5. The van der Waals surface area contributed by atoms with Gasteiger partial charge in [0.15, 0.2) is 0 Å². The van der Waals surface area contributed by atoms with Crippen LogP contribution in [0, 0.1) is 5.82 Å². The Labute approximate surface area is 119 Å². The van der Waals surface area contributed by atoms with Gasteiger partial charge in [0.1, 0.15) is 11.6 Å². The number of halogens is 1. The Morgan fingerprint density at radius 1 is 1.38 bits per heavy atom. The number of hydrogen-bond acceptors (Lipinski definition) is 3. The standard InChI is InChI=1S/C14H14FN5O/c15-10-2-3-11-12(5-10)20-13(19-11)8-16-14(21)4-1-9-6-17-18-7-9/h2-3,5-7H,1,4,8H2,(H,16,21)(H,17,18)(H,19,20). The molecule has 0 atom stereocenters. The van der Waals surface area contributed by atoms with Crippen molar-refractivity contribution in [2.75, 3.05) is 0 Å². The van der Waals surface area contributed by atoms with Gasteiger partial charge in [0.2, 0.25) is 5.91 Å². The maximum Gasteiger partial charge on any atom is 0.220 e. The smallest absolute Gasteiger partial charge is 0.220 e. The fourth-order valence-corrected chi connectivity index (χ4v) is 2.06. The molecule has 0 spiro atoms. The first kappa shape index (κ1) is 13.3. The molecule has 3 rings (SSSR count). The Kier molecular flexibility index (Phi) is 3.63. The lowest BCUT2D eigenvalue weighted by Gasteiger charge is -2.02. The number of hydrogen-bond donors (Lipinski definition) is 3. The Bertz CT molecular complexity index is 750. The van der Waals surface area contributed by atoms with Crippen LogP contribution >= 0.6 is 0 Å². The molecule has 3 N–H and O–H groups in total. The predicted molar refractivity (Wildman–Crippen MR) is 74.8 cm³/mol. The van der Waals surface area contributed by atoms with E-state index in [2.05, 4.69) is 25.5 Å². The second kappa shape index (κ2) is 5.74. The average molecular weight is 287 g/mol. The molecule has 2 aromatic heterocycles. The third-order valence-corrected chi connectivity index (χ3v) is 3.14. The molecule has 21 heavy (non-hydrogen) atoms. The van der Waals surface area contributed by atoms with E-state index >= 15 is 0 Å². The topological polar surface area (TPSA) is 86.5 Å². The summed E-state index contributed by atoms with van der Waals surface area (Å²) in [7, 11) is 0. The van der Waals surface area contributed by atoms with E-state index in [1.807, 2.05) is 0 Å². The van der Waals surface area contributed by atoms with Crippen LogP contribution in [0.15, 0.2) is 30.6 Å². The minimum Gasteiger partial charge on any atom is -0.349 e. The first-order chi connectivity index (χ1) is 10.2. The van der Waals surface area contributed by atoms with Crippen LogP contribution in [-0.4, -0.2) is 26.1 Å². The highest BCUT2D eigenvalue weighted by Crippen LogP contribution is 2.12. The normalized spacial score (nSPS) is 10.9. The number of carbonyl (C=O) groups is 1. The monoisotopic (exact) mass is 287 g/mol. The second-order valence-corrected chi connectivity index (χ2v) is 4.73. The van der Waals surface area contributed by atoms with Crippen molar-refractivity contribution in [2.45, 2.75) is 19.4 Å². The van der Waals surface area contributed by atoms with Crippen molar-refractivity contribution in [2.24, 2.45) is 0 Å². The highest BCUT2D eigenvalue weighted by atomic mass is 19.1. The van der Waals surface area contributed by atoms with Crippen LogP contribution in [0.25, 0.3) is 11.0 Å². The van der Waals surface area contributed by atoms with Gasteiger partial charge in [0.25, 0.3) is 0 Å². The lowest BCUT2D eigenvalue weighted by molar-refractivity contribution is -0.121. The molecule has 3 aromatic rings. The highest BCUT2D eigenvalue weighted by Gasteiger charge is 2.06. The maximum atomic E-state index is 13.1. The Morgan fingerprint density at radius 3 is 3.10 bits per heavy atom. The minimum atomic E-state index is -0.318. The van der Waals surface area contributed by atoms with Crippen molar-refractivity contribution in [3.05, 3.63) is 47.8 Å². The number of H-pyrrole nitrogens is 2. The number of amides is 1. The van der Waals surface area contributed by atoms with Crippen molar-refractivity contribution in [3.63, 3.8) is 0 Å². The van der Waals surface area contributed by atoms with E-state index in [1.54, 1.807) is 18.5 Å². The van der Waals surface area contributed by atoms with Gasteiger partial charge in [-0.25, -0.2) is 9.37 Å². The van der Waals surface area contributed by atoms with E-state index in [0.29, 0.717) is 36.2 Å². The van der Waals surface area contributed by atoms with Gasteiger partial charge in [-0.05, 0) is 30.2 Å². The molecule has 0 aliphatic heterocycles. The zero-order chi connectivity index (χ0) is 14.7. The third-order valence-electron chi connectivity index (χ3n) is 3.14. The first-order valence-electron chi connectivity index (χ1n) is 6.59. The van der Waals surface area contributed by atoms with Crippen LogP contribution in [0.2, 0.25) is 0 Å². The average Bonchev–Trinajstić information content (AvgIpc) is 3.11. The molecular formula is C14H14FN5O. The molecule has 0 saturated carbocycles. The van der Waals surface area contributed by atoms with Gasteiger partial charge < -0.3 is 10.3 Å². The number of aryl methyl sites for hydroxylation is 1. The first-order valence-corrected chi connectivity index (χ1v) is 6.59. The SMILES string of the molecule is O=C(CCc1cn[nH]c1)NCc1nc2ccc(F)cc2[nH]1. The van der Waals surface area contributed by atoms with Crippen molar-refractivity contribution >= 4 is 16.9 Å². The Balaban J connectivity index is 1.54. The second-order valence-electron chi connectivity index (χ2n) is 4.73. The minimum absolute atomic E-state index is 0.0668. The summed E-state index contributed by atoms with van der Waals surface area (Å²) in [4.78, 5) is 19.0. The summed E-state index contributed by atoms with van der Waals surface area (Å²) in [5.41, 5.74) is 2.29. The maximum absolute atomic E-state index is 13.1. The lowest BCUT2D eigenvalue weighted by atomic mass is 10.2. The van der Waals surface area contributed by atoms with Gasteiger partial charge in [0, 0.05) is 12.6 Å². The molecular weight excluding hydrogens is 273 g/mol. The fraction of sp³-hybridized carbons (Fsp3) is 0.214. The van der Waals surface area contributed by atoms with Crippen molar-refractivity contribution in [3.8, 4) is 0 Å². The molecule has 108 valence electrons. The molecule has 0 saturated heterocycles. The van der Waals surface area contributed by atoms with Gasteiger partial charge in [-0.15, -0.1) is 0 Å². The number of benzene rings is 1. The molecule has 0 aliphatic carbocycles. The van der Waals surface area contributed by atoms with Gasteiger partial charge >= 0.3 is 0 Å². The van der Waals surface area contributed by atoms with E-state index in [4.69, 9.17) is 0 Å². The molecule has 2 heterocycles. The largest absolute Gasteiger partial charge is 0.349 e. The number of aromatic nitrogens is 4. The van der Waals surface area contributed by atoms with E-state index in [1.165, 1.54) is 12.1 Å². The van der Waals surface area contributed by atoms with Crippen LogP contribution in [0.1, 0.15) is 17.8 Å². The molecule has 1 amide bonds. The van der Waals surface area contributed by atoms with Gasteiger partial charge in [-0.3, -0.25) is 9.89 Å². The zero-order valence-corrected chi connectivity index (χ0v) is 11.2. The molecule has 0 fully saturated rings. The van der Waals surface area contributed by atoms with Crippen LogP contribution in [-0.2, 0) is 17.8 Å². The van der Waals surface area contributed by atoms with E-state index in [0.717, 1.165) is 5.56 Å². The quantitative estimate of drug-likeness (QED) is 0.667. The van der Waals surface area contributed by atoms with E-state index < -0.39 is 0 Å².